The third-order valence-corrected chi connectivity index (χ3v) is 8.46. The first-order valence-electron chi connectivity index (χ1n) is 11.3. The summed E-state index contributed by atoms with van der Waals surface area (Å²) < 4.78 is 21.8. The average molecular weight is 533 g/mol. The Bertz CT molecular complexity index is 951. The quantitative estimate of drug-likeness (QED) is 0.440. The monoisotopic (exact) mass is 532 g/mol. The molecule has 0 aromatic heterocycles. The van der Waals surface area contributed by atoms with Crippen molar-refractivity contribution in [1.82, 2.24) is 9.62 Å². The number of carbonyl (C=O) groups is 2. The van der Waals surface area contributed by atoms with Crippen molar-refractivity contribution in [3.05, 3.63) is 64.6 Å². The first-order valence-corrected chi connectivity index (χ1v) is 13.3. The van der Waals surface area contributed by atoms with Gasteiger partial charge in [0.25, 0.3) is 0 Å². The number of esters is 1. The number of nitrogens with one attached hydrogen (secondary N) is 1. The van der Waals surface area contributed by atoms with E-state index in [1.807, 2.05) is 59.5 Å². The summed E-state index contributed by atoms with van der Waals surface area (Å²) in [4.78, 5) is 28.4. The molecule has 0 radical (unpaired) electrons. The number of nitrogens with zero attached hydrogens (tertiary/aromatic N) is 1. The van der Waals surface area contributed by atoms with Crippen LogP contribution in [0.1, 0.15) is 43.7 Å². The molecule has 1 N–H and O–H groups in total. The number of benzene rings is 2. The molecule has 6 nitrogen and oxygen atoms in total. The molecule has 1 saturated heterocycles. The predicted octanol–water partition coefficient (Wildman–Crippen LogP) is 4.38. The Hall–Kier alpha value is -1.87. The smallest absolute Gasteiger partial charge is 0.310 e. The molecule has 1 aliphatic carbocycles. The fraction of sp³-hybridized carbons (Fsp3) is 0.440. The van der Waals surface area contributed by atoms with Gasteiger partial charge in [-0.15, -0.1) is 4.72 Å². The maximum absolute atomic E-state index is 13.5. The van der Waals surface area contributed by atoms with Crippen LogP contribution in [0, 0.1) is 11.8 Å². The minimum Gasteiger partial charge on any atom is -0.593 e. The van der Waals surface area contributed by atoms with Gasteiger partial charge in [0.1, 0.15) is 0 Å². The molecule has 0 bridgehead atoms. The third-order valence-electron chi connectivity index (χ3n) is 6.68. The van der Waals surface area contributed by atoms with Gasteiger partial charge in [-0.05, 0) is 61.9 Å². The Morgan fingerprint density at radius 3 is 2.33 bits per heavy atom. The zero-order chi connectivity index (χ0) is 23.4. The zero-order valence-electron chi connectivity index (χ0n) is 18.6. The maximum Gasteiger partial charge on any atom is 0.310 e. The van der Waals surface area contributed by atoms with Gasteiger partial charge >= 0.3 is 5.97 Å². The number of carbonyl (C=O) groups excluding carboxylic acids is 2. The van der Waals surface area contributed by atoms with Crippen LogP contribution >= 0.6 is 15.9 Å². The van der Waals surface area contributed by atoms with E-state index in [0.29, 0.717) is 13.0 Å². The highest BCUT2D eigenvalue weighted by molar-refractivity contribution is 9.10. The van der Waals surface area contributed by atoms with Gasteiger partial charge in [0.05, 0.1) is 36.5 Å². The first kappa shape index (κ1) is 24.3. The highest BCUT2D eigenvalue weighted by Gasteiger charge is 2.42. The number of hydrogen-bond donors (Lipinski definition) is 1. The molecule has 1 saturated carbocycles. The van der Waals surface area contributed by atoms with Crippen LogP contribution in [0.5, 0.6) is 0 Å². The molecule has 1 heterocycles. The minimum atomic E-state index is -1.27. The highest BCUT2D eigenvalue weighted by Crippen LogP contribution is 2.39. The maximum atomic E-state index is 13.5. The van der Waals surface area contributed by atoms with Gasteiger partial charge < -0.3 is 14.2 Å². The fourth-order valence-electron chi connectivity index (χ4n) is 4.88. The van der Waals surface area contributed by atoms with Crippen LogP contribution in [0.25, 0.3) is 0 Å². The van der Waals surface area contributed by atoms with Crippen LogP contribution in [0.4, 0.5) is 0 Å². The Morgan fingerprint density at radius 2 is 1.70 bits per heavy atom. The number of likely N-dealkylation sites (tertiary alicyclic amines) is 1. The van der Waals surface area contributed by atoms with Gasteiger partial charge in [-0.1, -0.05) is 46.3 Å². The summed E-state index contributed by atoms with van der Waals surface area (Å²) in [6.45, 7) is 0.400. The van der Waals surface area contributed by atoms with E-state index in [4.69, 9.17) is 4.74 Å². The summed E-state index contributed by atoms with van der Waals surface area (Å²) in [5, 5.41) is 0. The second kappa shape index (κ2) is 11.0. The van der Waals surface area contributed by atoms with E-state index >= 15 is 0 Å². The lowest BCUT2D eigenvalue weighted by Crippen LogP contribution is -2.42. The van der Waals surface area contributed by atoms with Crippen LogP contribution in [-0.2, 0) is 25.7 Å². The van der Waals surface area contributed by atoms with Crippen LogP contribution < -0.4 is 4.72 Å². The van der Waals surface area contributed by atoms with Gasteiger partial charge in [-0.2, -0.15) is 0 Å². The lowest BCUT2D eigenvalue weighted by molar-refractivity contribution is -0.145. The summed E-state index contributed by atoms with van der Waals surface area (Å²) >= 11 is 2.12. The Morgan fingerprint density at radius 1 is 1.03 bits per heavy atom. The molecular weight excluding hydrogens is 504 g/mol. The van der Waals surface area contributed by atoms with Crippen LogP contribution in [-0.4, -0.2) is 41.0 Å². The molecule has 1 aliphatic heterocycles. The molecule has 3 unspecified atom stereocenters. The minimum absolute atomic E-state index is 0.0771. The Labute approximate surface area is 206 Å². The summed E-state index contributed by atoms with van der Waals surface area (Å²) in [6, 6.07) is 17.4. The summed E-state index contributed by atoms with van der Waals surface area (Å²) in [6.07, 6.45) is 3.67. The predicted molar refractivity (Wildman–Crippen MR) is 130 cm³/mol. The molecule has 33 heavy (non-hydrogen) atoms. The summed E-state index contributed by atoms with van der Waals surface area (Å²) in [7, 11) is 1.40. The van der Waals surface area contributed by atoms with Gasteiger partial charge in [0.2, 0.25) is 5.91 Å². The SMILES string of the molecule is COC(=O)C1CC(c2ccccc2)N(C(=O)[C@H]2CC[C@H](N[S+]([O-])c3ccc(Br)cc3)CC2)C1. The van der Waals surface area contributed by atoms with Crippen molar-refractivity contribution in [2.75, 3.05) is 13.7 Å². The number of halogens is 1. The highest BCUT2D eigenvalue weighted by atomic mass is 79.9. The molecule has 2 aromatic rings. The fourth-order valence-corrected chi connectivity index (χ4v) is 6.20. The zero-order valence-corrected chi connectivity index (χ0v) is 21.0. The molecule has 1 amide bonds. The van der Waals surface area contributed by atoms with Crippen molar-refractivity contribution in [2.45, 2.75) is 49.1 Å². The van der Waals surface area contributed by atoms with E-state index in [2.05, 4.69) is 20.7 Å². The van der Waals surface area contributed by atoms with E-state index in [0.717, 1.165) is 40.6 Å². The van der Waals surface area contributed by atoms with Crippen molar-refractivity contribution in [2.24, 2.45) is 11.8 Å². The molecule has 3 atom stereocenters. The largest absolute Gasteiger partial charge is 0.593 e. The molecule has 176 valence electrons. The molecule has 4 rings (SSSR count). The first-order chi connectivity index (χ1) is 16.0. The normalized spacial score (nSPS) is 26.1. The number of amides is 1. The van der Waals surface area contributed by atoms with Crippen LogP contribution in [0.3, 0.4) is 0 Å². The molecule has 2 fully saturated rings. The third kappa shape index (κ3) is 5.80. The van der Waals surface area contributed by atoms with E-state index in [1.54, 1.807) is 0 Å². The number of rotatable bonds is 6. The second-order valence-corrected chi connectivity index (χ2v) is 10.9. The molecule has 2 aromatic carbocycles. The Balaban J connectivity index is 1.37. The van der Waals surface area contributed by atoms with Crippen molar-refractivity contribution in [3.8, 4) is 0 Å². The molecule has 0 spiro atoms. The lowest BCUT2D eigenvalue weighted by atomic mass is 9.85. The topological polar surface area (TPSA) is 81.7 Å². The molecule has 8 heteroatoms. The van der Waals surface area contributed by atoms with E-state index in [9.17, 15) is 14.1 Å². The van der Waals surface area contributed by atoms with E-state index in [1.165, 1.54) is 7.11 Å². The van der Waals surface area contributed by atoms with E-state index in [-0.39, 0.29) is 35.8 Å². The second-order valence-electron chi connectivity index (χ2n) is 8.76. The van der Waals surface area contributed by atoms with Crippen molar-refractivity contribution >= 4 is 39.2 Å². The standard InChI is InChI=1S/C25H29BrN2O4S/c1-32-25(30)19-15-23(17-5-3-2-4-6-17)28(16-19)24(29)18-7-11-21(12-8-18)27-33(31)22-13-9-20(26)10-14-22/h2-6,9-10,13-14,18-19,21,23,27H,7-8,11-12,15-16H2,1H3/t18-,19?,21-,23?,33?. The lowest BCUT2D eigenvalue weighted by Gasteiger charge is -2.33. The van der Waals surface area contributed by atoms with Crippen molar-refractivity contribution in [3.63, 3.8) is 0 Å². The van der Waals surface area contributed by atoms with Gasteiger partial charge in [0, 0.05) is 16.9 Å². The van der Waals surface area contributed by atoms with Crippen LogP contribution in [0.15, 0.2) is 64.0 Å². The summed E-state index contributed by atoms with van der Waals surface area (Å²) in [5.41, 5.74) is 1.05. The van der Waals surface area contributed by atoms with E-state index < -0.39 is 11.4 Å². The average Bonchev–Trinajstić information content (AvgIpc) is 3.30. The number of ether oxygens (including phenoxy) is 1. The molecule has 2 aliphatic rings. The van der Waals surface area contributed by atoms with Crippen LogP contribution in [0.2, 0.25) is 0 Å². The number of hydrogen-bond acceptors (Lipinski definition) is 5. The molecular formula is C25H29BrN2O4S. The van der Waals surface area contributed by atoms with Gasteiger partial charge in [0.15, 0.2) is 4.90 Å². The Kier molecular flexibility index (Phi) is 8.11. The van der Waals surface area contributed by atoms with Crippen molar-refractivity contribution in [1.29, 1.82) is 0 Å². The number of methoxy groups -OCH3 is 1. The van der Waals surface area contributed by atoms with Crippen molar-refractivity contribution < 1.29 is 18.9 Å². The summed E-state index contributed by atoms with van der Waals surface area (Å²) in [5.74, 6) is -0.514. The van der Waals surface area contributed by atoms with Gasteiger partial charge in [-0.3, -0.25) is 9.59 Å². The van der Waals surface area contributed by atoms with Gasteiger partial charge in [-0.25, -0.2) is 0 Å².